The van der Waals surface area contributed by atoms with Crippen LogP contribution >= 0.6 is 0 Å². The quantitative estimate of drug-likeness (QED) is 0.799. The van der Waals surface area contributed by atoms with Gasteiger partial charge in [0.1, 0.15) is 5.82 Å². The zero-order valence-electron chi connectivity index (χ0n) is 13.0. The number of para-hydroxylation sites is 1. The van der Waals surface area contributed by atoms with E-state index in [2.05, 4.69) is 37.5 Å². The molecular formula is C18H16FN5. The van der Waals surface area contributed by atoms with Crippen LogP contribution in [0, 0.1) is 5.82 Å². The van der Waals surface area contributed by atoms with Gasteiger partial charge in [-0.1, -0.05) is 36.4 Å². The molecule has 0 fully saturated rings. The highest BCUT2D eigenvalue weighted by Crippen LogP contribution is 2.32. The summed E-state index contributed by atoms with van der Waals surface area (Å²) in [5, 5.41) is 11.3. The van der Waals surface area contributed by atoms with Crippen LogP contribution in [0.4, 0.5) is 21.8 Å². The van der Waals surface area contributed by atoms with E-state index in [1.165, 1.54) is 11.6 Å². The van der Waals surface area contributed by atoms with Crippen molar-refractivity contribution in [3.05, 3.63) is 71.7 Å². The first kappa shape index (κ1) is 14.6. The van der Waals surface area contributed by atoms with Crippen LogP contribution in [-0.4, -0.2) is 21.7 Å². The summed E-state index contributed by atoms with van der Waals surface area (Å²) in [7, 11) is 0. The van der Waals surface area contributed by atoms with Gasteiger partial charge in [0.2, 0.25) is 0 Å². The normalized spacial score (nSPS) is 13.0. The van der Waals surface area contributed by atoms with Gasteiger partial charge < -0.3 is 10.2 Å². The highest BCUT2D eigenvalue weighted by molar-refractivity contribution is 5.65. The minimum absolute atomic E-state index is 0.235. The number of nitrogens with one attached hydrogen (secondary N) is 1. The number of rotatable bonds is 4. The van der Waals surface area contributed by atoms with Crippen molar-refractivity contribution in [2.75, 3.05) is 16.8 Å². The van der Waals surface area contributed by atoms with Gasteiger partial charge in [0, 0.05) is 24.3 Å². The molecule has 4 rings (SSSR count). The topological polar surface area (TPSA) is 53.9 Å². The molecule has 1 aliphatic heterocycles. The molecule has 2 aromatic carbocycles. The van der Waals surface area contributed by atoms with Crippen molar-refractivity contribution in [2.24, 2.45) is 0 Å². The molecule has 0 unspecified atom stereocenters. The Morgan fingerprint density at radius 3 is 2.83 bits per heavy atom. The summed E-state index contributed by atoms with van der Waals surface area (Å²) in [6.45, 7) is 1.18. The molecule has 24 heavy (non-hydrogen) atoms. The summed E-state index contributed by atoms with van der Waals surface area (Å²) in [4.78, 5) is 6.57. The molecule has 0 saturated heterocycles. The number of anilines is 3. The number of hydrogen-bond donors (Lipinski definition) is 1. The van der Waals surface area contributed by atoms with Crippen molar-refractivity contribution in [2.45, 2.75) is 13.0 Å². The Kier molecular flexibility index (Phi) is 3.78. The predicted octanol–water partition coefficient (Wildman–Crippen LogP) is 3.32. The van der Waals surface area contributed by atoms with Gasteiger partial charge in [-0.3, -0.25) is 0 Å². The van der Waals surface area contributed by atoms with E-state index in [1.54, 1.807) is 18.3 Å². The Hall–Kier alpha value is -3.02. The average Bonchev–Trinajstić information content (AvgIpc) is 3.05. The molecule has 0 radical (unpaired) electrons. The maximum absolute atomic E-state index is 13.7. The fraction of sp³-hybridized carbons (Fsp3) is 0.167. The molecule has 3 aromatic rings. The van der Waals surface area contributed by atoms with Gasteiger partial charge in [0.05, 0.1) is 6.20 Å². The third-order valence-electron chi connectivity index (χ3n) is 4.09. The molecule has 2 heterocycles. The Labute approximate surface area is 139 Å². The summed E-state index contributed by atoms with van der Waals surface area (Å²) in [5.41, 5.74) is 2.99. The van der Waals surface area contributed by atoms with Crippen LogP contribution < -0.4 is 10.2 Å². The van der Waals surface area contributed by atoms with Gasteiger partial charge in [-0.2, -0.15) is 10.1 Å². The molecule has 0 aliphatic carbocycles. The molecule has 1 N–H and O–H groups in total. The largest absolute Gasteiger partial charge is 0.364 e. The highest BCUT2D eigenvalue weighted by Gasteiger charge is 2.22. The van der Waals surface area contributed by atoms with Crippen molar-refractivity contribution in [1.82, 2.24) is 15.2 Å². The number of nitrogens with zero attached hydrogens (tertiary/aromatic N) is 4. The van der Waals surface area contributed by atoms with Crippen LogP contribution in [0.25, 0.3) is 0 Å². The molecule has 120 valence electrons. The first-order valence-electron chi connectivity index (χ1n) is 7.84. The lowest BCUT2D eigenvalue weighted by Gasteiger charge is -2.17. The highest BCUT2D eigenvalue weighted by atomic mass is 19.1. The Balaban J connectivity index is 1.54. The third-order valence-corrected chi connectivity index (χ3v) is 4.09. The van der Waals surface area contributed by atoms with E-state index >= 15 is 0 Å². The van der Waals surface area contributed by atoms with E-state index in [-0.39, 0.29) is 5.82 Å². The SMILES string of the molecule is Fc1ccccc1CNc1cnnc(N2CCc3ccccc32)n1. The van der Waals surface area contributed by atoms with Crippen molar-refractivity contribution in [3.8, 4) is 0 Å². The molecule has 0 atom stereocenters. The van der Waals surface area contributed by atoms with Gasteiger partial charge in [0.25, 0.3) is 5.95 Å². The molecule has 6 heteroatoms. The van der Waals surface area contributed by atoms with Gasteiger partial charge in [-0.05, 0) is 24.1 Å². The van der Waals surface area contributed by atoms with Crippen LogP contribution in [0.5, 0.6) is 0 Å². The summed E-state index contributed by atoms with van der Waals surface area (Å²) in [6.07, 6.45) is 2.51. The van der Waals surface area contributed by atoms with Crippen LogP contribution in [0.1, 0.15) is 11.1 Å². The minimum atomic E-state index is -0.235. The van der Waals surface area contributed by atoms with Crippen LogP contribution in [0.2, 0.25) is 0 Å². The summed E-state index contributed by atoms with van der Waals surface area (Å²) >= 11 is 0. The number of aromatic nitrogens is 3. The van der Waals surface area contributed by atoms with Crippen LogP contribution in [0.15, 0.2) is 54.7 Å². The van der Waals surface area contributed by atoms with E-state index in [0.717, 1.165) is 18.7 Å². The lowest BCUT2D eigenvalue weighted by molar-refractivity contribution is 0.613. The second kappa shape index (κ2) is 6.23. The second-order valence-corrected chi connectivity index (χ2v) is 5.62. The van der Waals surface area contributed by atoms with Gasteiger partial charge in [0.15, 0.2) is 5.82 Å². The minimum Gasteiger partial charge on any atom is -0.364 e. The third kappa shape index (κ3) is 2.78. The molecule has 1 aliphatic rings. The van der Waals surface area contributed by atoms with Gasteiger partial charge >= 0.3 is 0 Å². The fourth-order valence-electron chi connectivity index (χ4n) is 2.87. The van der Waals surface area contributed by atoms with E-state index in [4.69, 9.17) is 0 Å². The number of hydrogen-bond acceptors (Lipinski definition) is 5. The fourth-order valence-corrected chi connectivity index (χ4v) is 2.87. The zero-order chi connectivity index (χ0) is 16.4. The van der Waals surface area contributed by atoms with Crippen molar-refractivity contribution in [1.29, 1.82) is 0 Å². The molecule has 0 amide bonds. The molecule has 0 saturated carbocycles. The first-order chi connectivity index (χ1) is 11.8. The number of benzene rings is 2. The molecule has 5 nitrogen and oxygen atoms in total. The number of halogens is 1. The lowest BCUT2D eigenvalue weighted by Crippen LogP contribution is -2.18. The van der Waals surface area contributed by atoms with E-state index < -0.39 is 0 Å². The van der Waals surface area contributed by atoms with E-state index in [1.807, 2.05) is 18.2 Å². The summed E-state index contributed by atoms with van der Waals surface area (Å²) < 4.78 is 13.7. The Morgan fingerprint density at radius 2 is 1.92 bits per heavy atom. The molecule has 0 spiro atoms. The van der Waals surface area contributed by atoms with Crippen molar-refractivity contribution < 1.29 is 4.39 Å². The van der Waals surface area contributed by atoms with Crippen molar-refractivity contribution >= 4 is 17.5 Å². The molecule has 1 aromatic heterocycles. The summed E-state index contributed by atoms with van der Waals surface area (Å²) in [6, 6.07) is 14.9. The second-order valence-electron chi connectivity index (χ2n) is 5.62. The maximum Gasteiger partial charge on any atom is 0.251 e. The van der Waals surface area contributed by atoms with Crippen LogP contribution in [-0.2, 0) is 13.0 Å². The standard InChI is InChI=1S/C18H16FN5/c19-15-7-3-1-6-14(15)11-20-17-12-21-23-18(22-17)24-10-9-13-5-2-4-8-16(13)24/h1-8,12H,9-11H2,(H,20,22,23). The van der Waals surface area contributed by atoms with Crippen molar-refractivity contribution in [3.63, 3.8) is 0 Å². The molecule has 0 bridgehead atoms. The Morgan fingerprint density at radius 1 is 1.08 bits per heavy atom. The van der Waals surface area contributed by atoms with Gasteiger partial charge in [-0.15, -0.1) is 5.10 Å². The van der Waals surface area contributed by atoms with Gasteiger partial charge in [-0.25, -0.2) is 4.39 Å². The monoisotopic (exact) mass is 321 g/mol. The summed E-state index contributed by atoms with van der Waals surface area (Å²) in [5.74, 6) is 0.895. The number of fused-ring (bicyclic) bond motifs is 1. The van der Waals surface area contributed by atoms with Crippen LogP contribution in [0.3, 0.4) is 0 Å². The first-order valence-corrected chi connectivity index (χ1v) is 7.84. The van der Waals surface area contributed by atoms with E-state index in [0.29, 0.717) is 23.9 Å². The Bertz CT molecular complexity index is 867. The molecular weight excluding hydrogens is 305 g/mol. The van der Waals surface area contributed by atoms with E-state index in [9.17, 15) is 4.39 Å². The maximum atomic E-state index is 13.7. The smallest absolute Gasteiger partial charge is 0.251 e. The zero-order valence-corrected chi connectivity index (χ0v) is 13.0. The lowest BCUT2D eigenvalue weighted by atomic mass is 10.2. The predicted molar refractivity (Wildman–Crippen MR) is 90.7 cm³/mol. The average molecular weight is 321 g/mol.